The van der Waals surface area contributed by atoms with Crippen molar-refractivity contribution in [1.82, 2.24) is 0 Å². The van der Waals surface area contributed by atoms with Gasteiger partial charge in [0.05, 0.1) is 0 Å². The van der Waals surface area contributed by atoms with Crippen LogP contribution < -0.4 is 0 Å². The Morgan fingerprint density at radius 3 is 2.33 bits per heavy atom. The monoisotopic (exact) mass is 514 g/mol. The minimum absolute atomic E-state index is 0.203. The lowest BCUT2D eigenvalue weighted by Gasteiger charge is -2.58. The Labute approximate surface area is 224 Å². The fraction of sp³-hybridized carbons (Fsp3) is 0.909. The minimum atomic E-state index is -1.80. The molecule has 0 aromatic carbocycles. The molecule has 0 aromatic rings. The summed E-state index contributed by atoms with van der Waals surface area (Å²) in [6.45, 7) is 24.1. The molecule has 3 saturated carbocycles. The lowest BCUT2D eigenvalue weighted by Crippen LogP contribution is -2.54. The molecule has 0 aliphatic heterocycles. The zero-order chi connectivity index (χ0) is 26.7. The molecule has 0 amide bonds. The molecule has 0 saturated heterocycles. The summed E-state index contributed by atoms with van der Waals surface area (Å²) in [5.41, 5.74) is 2.00. The van der Waals surface area contributed by atoms with E-state index in [1.54, 1.807) is 0 Å². The van der Waals surface area contributed by atoms with E-state index >= 15 is 0 Å². The lowest BCUT2D eigenvalue weighted by atomic mass is 9.46. The number of allylic oxidation sites excluding steroid dienone is 1. The minimum Gasteiger partial charge on any atom is -0.414 e. The topological polar surface area (TPSA) is 26.3 Å². The maximum Gasteiger partial charge on any atom is 0.192 e. The summed E-state index contributed by atoms with van der Waals surface area (Å²) in [5, 5.41) is 0.231. The van der Waals surface area contributed by atoms with E-state index in [4.69, 9.17) is 4.43 Å². The molecular formula is C33H58O2Si. The van der Waals surface area contributed by atoms with E-state index in [9.17, 15) is 4.79 Å². The molecule has 2 nitrogen and oxygen atoms in total. The number of carbonyl (C=O) groups is 1. The van der Waals surface area contributed by atoms with E-state index in [0.717, 1.165) is 30.6 Å². The van der Waals surface area contributed by atoms with E-state index in [2.05, 4.69) is 74.6 Å². The van der Waals surface area contributed by atoms with Crippen LogP contribution in [-0.2, 0) is 9.22 Å². The summed E-state index contributed by atoms with van der Waals surface area (Å²) in [6.07, 6.45) is 15.1. The van der Waals surface area contributed by atoms with Crippen molar-refractivity contribution in [3.8, 4) is 0 Å². The Hall–Kier alpha value is -0.413. The lowest BCUT2D eigenvalue weighted by molar-refractivity contribution is -0.135. The van der Waals surface area contributed by atoms with Crippen LogP contribution in [0.25, 0.3) is 0 Å². The number of hydrogen-bond donors (Lipinski definition) is 0. The highest BCUT2D eigenvalue weighted by atomic mass is 28.4. The molecule has 206 valence electrons. The number of hydrogen-bond acceptors (Lipinski definition) is 2. The van der Waals surface area contributed by atoms with Crippen molar-refractivity contribution in [2.45, 2.75) is 144 Å². The Morgan fingerprint density at radius 1 is 1.00 bits per heavy atom. The van der Waals surface area contributed by atoms with Gasteiger partial charge in [0.2, 0.25) is 0 Å². The zero-order valence-corrected chi connectivity index (χ0v) is 26.5. The molecule has 0 heterocycles. The number of rotatable bonds is 7. The number of fused-ring (bicyclic) bond motifs is 5. The highest BCUT2D eigenvalue weighted by Crippen LogP contribution is 2.67. The third-order valence-corrected chi connectivity index (χ3v) is 16.9. The van der Waals surface area contributed by atoms with Crippen LogP contribution in [0, 0.1) is 46.3 Å². The van der Waals surface area contributed by atoms with Gasteiger partial charge in [-0.2, -0.15) is 0 Å². The SMILES string of the molecule is CC(C)CCC[C@@H](C)[C@H]1CC[C@H]2[C@@H]3C(=O)C=C4C[C@@H](O[Si](C)(C)C(C)(C)C)CC[C@]4(C)[C@H]3CC[C@]12C. The molecule has 0 bridgehead atoms. The Morgan fingerprint density at radius 2 is 1.69 bits per heavy atom. The van der Waals surface area contributed by atoms with Gasteiger partial charge in [0.1, 0.15) is 0 Å². The van der Waals surface area contributed by atoms with Crippen LogP contribution in [-0.4, -0.2) is 20.2 Å². The largest absolute Gasteiger partial charge is 0.414 e. The molecule has 4 rings (SSSR count). The molecule has 0 aromatic heterocycles. The van der Waals surface area contributed by atoms with Crippen LogP contribution in [0.3, 0.4) is 0 Å². The van der Waals surface area contributed by atoms with Crippen LogP contribution in [0.1, 0.15) is 120 Å². The number of carbonyl (C=O) groups excluding carboxylic acids is 1. The molecule has 0 unspecified atom stereocenters. The summed E-state index contributed by atoms with van der Waals surface area (Å²) in [4.78, 5) is 13.9. The van der Waals surface area contributed by atoms with Crippen molar-refractivity contribution >= 4 is 14.1 Å². The molecular weight excluding hydrogens is 456 g/mol. The van der Waals surface area contributed by atoms with Gasteiger partial charge in [-0.15, -0.1) is 0 Å². The Bertz CT molecular complexity index is 850. The molecule has 3 fully saturated rings. The molecule has 3 heteroatoms. The predicted octanol–water partition coefficient (Wildman–Crippen LogP) is 9.60. The van der Waals surface area contributed by atoms with E-state index in [1.807, 2.05) is 0 Å². The molecule has 0 N–H and O–H groups in total. The molecule has 0 radical (unpaired) electrons. The molecule has 36 heavy (non-hydrogen) atoms. The smallest absolute Gasteiger partial charge is 0.192 e. The van der Waals surface area contributed by atoms with Gasteiger partial charge in [0.25, 0.3) is 0 Å². The van der Waals surface area contributed by atoms with Crippen molar-refractivity contribution in [2.24, 2.45) is 46.3 Å². The van der Waals surface area contributed by atoms with Crippen LogP contribution in [0.2, 0.25) is 18.1 Å². The predicted molar refractivity (Wildman–Crippen MR) is 156 cm³/mol. The summed E-state index contributed by atoms with van der Waals surface area (Å²) in [5.74, 6) is 4.29. The first-order valence-electron chi connectivity index (χ1n) is 15.5. The molecule has 4 aliphatic carbocycles. The maximum atomic E-state index is 13.9. The van der Waals surface area contributed by atoms with Gasteiger partial charge in [0, 0.05) is 12.0 Å². The number of ketones is 1. The first-order chi connectivity index (χ1) is 16.6. The zero-order valence-electron chi connectivity index (χ0n) is 25.5. The van der Waals surface area contributed by atoms with Gasteiger partial charge in [-0.25, -0.2) is 0 Å². The van der Waals surface area contributed by atoms with Crippen molar-refractivity contribution < 1.29 is 9.22 Å². The van der Waals surface area contributed by atoms with E-state index in [0.29, 0.717) is 29.1 Å². The molecule has 4 aliphatic rings. The van der Waals surface area contributed by atoms with Crippen LogP contribution in [0.5, 0.6) is 0 Å². The Kier molecular flexibility index (Phi) is 7.91. The molecule has 0 spiro atoms. The van der Waals surface area contributed by atoms with Gasteiger partial charge >= 0.3 is 0 Å². The van der Waals surface area contributed by atoms with Crippen molar-refractivity contribution in [1.29, 1.82) is 0 Å². The normalized spacial score (nSPS) is 39.9. The summed E-state index contributed by atoms with van der Waals surface area (Å²) in [7, 11) is -1.80. The van der Waals surface area contributed by atoms with Crippen molar-refractivity contribution in [2.75, 3.05) is 0 Å². The van der Waals surface area contributed by atoms with Gasteiger partial charge in [0.15, 0.2) is 14.1 Å². The van der Waals surface area contributed by atoms with Gasteiger partial charge < -0.3 is 4.43 Å². The van der Waals surface area contributed by atoms with E-state index in [-0.39, 0.29) is 16.4 Å². The average molecular weight is 515 g/mol. The van der Waals surface area contributed by atoms with Crippen LogP contribution in [0.4, 0.5) is 0 Å². The second kappa shape index (κ2) is 9.96. The third-order valence-electron chi connectivity index (χ3n) is 12.4. The maximum absolute atomic E-state index is 13.9. The Balaban J connectivity index is 1.50. The molecule has 8 atom stereocenters. The second-order valence-corrected chi connectivity index (χ2v) is 20.8. The first kappa shape index (κ1) is 28.6. The van der Waals surface area contributed by atoms with E-state index < -0.39 is 8.32 Å². The summed E-state index contributed by atoms with van der Waals surface area (Å²) in [6, 6.07) is 0. The first-order valence-corrected chi connectivity index (χ1v) is 18.4. The highest BCUT2D eigenvalue weighted by Gasteiger charge is 2.61. The van der Waals surface area contributed by atoms with Crippen molar-refractivity contribution in [3.05, 3.63) is 11.6 Å². The van der Waals surface area contributed by atoms with E-state index in [1.165, 1.54) is 56.9 Å². The fourth-order valence-corrected chi connectivity index (χ4v) is 10.5. The third kappa shape index (κ3) is 4.98. The van der Waals surface area contributed by atoms with Gasteiger partial charge in [-0.3, -0.25) is 4.79 Å². The van der Waals surface area contributed by atoms with Gasteiger partial charge in [-0.1, -0.05) is 80.2 Å². The highest BCUT2D eigenvalue weighted by molar-refractivity contribution is 6.74. The van der Waals surface area contributed by atoms with Crippen LogP contribution >= 0.6 is 0 Å². The van der Waals surface area contributed by atoms with Crippen LogP contribution in [0.15, 0.2) is 11.6 Å². The second-order valence-electron chi connectivity index (χ2n) is 16.0. The standard InChI is InChI=1S/C33H58O2Si/c1-22(2)12-11-13-23(3)26-14-15-27-30-28(17-19-33(26,27)8)32(7)18-16-25(20-24(32)21-29(30)34)35-36(9,10)31(4,5)6/h21-23,25-28,30H,11-20H2,1-10H3/t23-,25+,26-,27+,28+,30+,32+,33-/m1/s1. The summed E-state index contributed by atoms with van der Waals surface area (Å²) >= 11 is 0. The fourth-order valence-electron chi connectivity index (χ4n) is 9.09. The van der Waals surface area contributed by atoms with Gasteiger partial charge in [-0.05, 0) is 110 Å². The average Bonchev–Trinajstić information content (AvgIpc) is 3.10. The quantitative estimate of drug-likeness (QED) is 0.316. The van der Waals surface area contributed by atoms with Crippen molar-refractivity contribution in [3.63, 3.8) is 0 Å². The summed E-state index contributed by atoms with van der Waals surface area (Å²) < 4.78 is 6.87.